The van der Waals surface area contributed by atoms with Crippen LogP contribution in [0.25, 0.3) is 22.3 Å². The van der Waals surface area contributed by atoms with Gasteiger partial charge < -0.3 is 29.7 Å². The number of nitrogens with zero attached hydrogens (tertiary/aromatic N) is 10. The molecule has 2 N–H and O–H groups in total. The van der Waals surface area contributed by atoms with Gasteiger partial charge in [0.1, 0.15) is 30.0 Å². The molecule has 1 aromatic carbocycles. The van der Waals surface area contributed by atoms with E-state index in [9.17, 15) is 4.57 Å². The topological polar surface area (TPSA) is 142 Å². The molecule has 0 aliphatic carbocycles. The number of aromatic nitrogens is 7. The second-order valence-corrected chi connectivity index (χ2v) is 17.2. The summed E-state index contributed by atoms with van der Waals surface area (Å²) in [5.41, 5.74) is 4.21. The number of nitrogens with one attached hydrogen (secondary N) is 2. The van der Waals surface area contributed by atoms with Crippen molar-refractivity contribution in [1.82, 2.24) is 44.5 Å². The van der Waals surface area contributed by atoms with Crippen molar-refractivity contribution in [3.63, 3.8) is 0 Å². The quantitative estimate of drug-likeness (QED) is 0.196. The van der Waals surface area contributed by atoms with E-state index >= 15 is 0 Å². The molecule has 16 heteroatoms. The summed E-state index contributed by atoms with van der Waals surface area (Å²) in [5, 5.41) is 12.1. The SMILES string of the molecule is COc1nc(N2CCC(N3CCN(C)CC3)CC2)c(-c2ccn(C)n2)cc1Nc1ncc(Br)c(Nc2ccc3nccnc3c2P(C)(C)=O)n1. The largest absolute Gasteiger partial charge is 0.479 e. The third-order valence-corrected chi connectivity index (χ3v) is 11.5. The summed E-state index contributed by atoms with van der Waals surface area (Å²) in [6.45, 7) is 9.73. The van der Waals surface area contributed by atoms with Gasteiger partial charge in [-0.3, -0.25) is 19.5 Å². The van der Waals surface area contributed by atoms with Gasteiger partial charge in [0.2, 0.25) is 11.8 Å². The van der Waals surface area contributed by atoms with Crippen LogP contribution in [-0.4, -0.2) is 117 Å². The van der Waals surface area contributed by atoms with Gasteiger partial charge in [-0.25, -0.2) is 4.98 Å². The van der Waals surface area contributed by atoms with Crippen LogP contribution in [0.3, 0.4) is 0 Å². The molecule has 262 valence electrons. The summed E-state index contributed by atoms with van der Waals surface area (Å²) in [6, 6.07) is 8.30. The molecule has 2 fully saturated rings. The van der Waals surface area contributed by atoms with Crippen LogP contribution in [-0.2, 0) is 11.6 Å². The number of fused-ring (bicyclic) bond motifs is 1. The maximum atomic E-state index is 13.5. The van der Waals surface area contributed by atoms with Gasteiger partial charge in [-0.05, 0) is 73.4 Å². The second-order valence-electron chi connectivity index (χ2n) is 13.2. The van der Waals surface area contributed by atoms with Crippen molar-refractivity contribution in [2.45, 2.75) is 18.9 Å². The number of piperazine rings is 1. The molecule has 0 bridgehead atoms. The van der Waals surface area contributed by atoms with E-state index in [1.54, 1.807) is 43.7 Å². The van der Waals surface area contributed by atoms with E-state index in [0.29, 0.717) is 55.9 Å². The fourth-order valence-electron chi connectivity index (χ4n) is 6.78. The molecule has 14 nitrogen and oxygen atoms in total. The number of hydrogen-bond acceptors (Lipinski definition) is 13. The molecule has 5 aromatic rings. The van der Waals surface area contributed by atoms with E-state index < -0.39 is 7.14 Å². The highest BCUT2D eigenvalue weighted by Crippen LogP contribution is 2.42. The predicted octanol–water partition coefficient (Wildman–Crippen LogP) is 4.94. The minimum absolute atomic E-state index is 0.321. The van der Waals surface area contributed by atoms with Crippen molar-refractivity contribution in [3.8, 4) is 17.1 Å². The highest BCUT2D eigenvalue weighted by Gasteiger charge is 2.30. The molecule has 2 saturated heterocycles. The van der Waals surface area contributed by atoms with Crippen molar-refractivity contribution < 1.29 is 9.30 Å². The molecule has 0 atom stereocenters. The van der Waals surface area contributed by atoms with Crippen LogP contribution in [0.1, 0.15) is 12.8 Å². The summed E-state index contributed by atoms with van der Waals surface area (Å²) in [4.78, 5) is 30.7. The first-order valence-corrected chi connectivity index (χ1v) is 20.1. The van der Waals surface area contributed by atoms with E-state index in [0.717, 1.165) is 69.2 Å². The Morgan fingerprint density at radius 3 is 2.38 bits per heavy atom. The van der Waals surface area contributed by atoms with Crippen molar-refractivity contribution in [3.05, 3.63) is 53.5 Å². The summed E-state index contributed by atoms with van der Waals surface area (Å²) >= 11 is 3.59. The maximum Gasteiger partial charge on any atom is 0.239 e. The number of benzene rings is 1. The summed E-state index contributed by atoms with van der Waals surface area (Å²) in [5.74, 6) is 2.08. The molecule has 6 heterocycles. The van der Waals surface area contributed by atoms with Gasteiger partial charge >= 0.3 is 0 Å². The molecule has 0 amide bonds. The van der Waals surface area contributed by atoms with Crippen LogP contribution in [0.15, 0.2) is 53.5 Å². The van der Waals surface area contributed by atoms with Crippen LogP contribution in [0.4, 0.5) is 29.0 Å². The lowest BCUT2D eigenvalue weighted by Gasteiger charge is -2.42. The van der Waals surface area contributed by atoms with E-state index in [1.165, 1.54) is 0 Å². The van der Waals surface area contributed by atoms with Crippen molar-refractivity contribution >= 4 is 68.4 Å². The van der Waals surface area contributed by atoms with Crippen LogP contribution in [0.2, 0.25) is 0 Å². The Morgan fingerprint density at radius 2 is 1.68 bits per heavy atom. The zero-order valence-electron chi connectivity index (χ0n) is 29.0. The van der Waals surface area contributed by atoms with Crippen LogP contribution >= 0.6 is 23.1 Å². The summed E-state index contributed by atoms with van der Waals surface area (Å²) in [6.07, 6.45) is 8.99. The summed E-state index contributed by atoms with van der Waals surface area (Å²) < 4.78 is 21.8. The maximum absolute atomic E-state index is 13.5. The first-order valence-electron chi connectivity index (χ1n) is 16.7. The Kier molecular flexibility index (Phi) is 9.75. The number of rotatable bonds is 9. The number of ether oxygens (including phenoxy) is 1. The van der Waals surface area contributed by atoms with Crippen LogP contribution in [0.5, 0.6) is 5.88 Å². The molecular formula is C34H42BrN12O2P. The van der Waals surface area contributed by atoms with Gasteiger partial charge in [-0.2, -0.15) is 15.1 Å². The fraction of sp³-hybridized carbons (Fsp3) is 0.412. The number of anilines is 5. The van der Waals surface area contributed by atoms with Crippen LogP contribution < -0.4 is 25.6 Å². The predicted molar refractivity (Wildman–Crippen MR) is 202 cm³/mol. The number of pyridine rings is 1. The molecule has 0 unspecified atom stereocenters. The third-order valence-electron chi connectivity index (χ3n) is 9.36. The average molecular weight is 762 g/mol. The number of likely N-dealkylation sites (N-methyl/N-ethyl adjacent to an activating group) is 1. The van der Waals surface area contributed by atoms with Gasteiger partial charge in [-0.1, -0.05) is 0 Å². The summed E-state index contributed by atoms with van der Waals surface area (Å²) in [7, 11) is 2.95. The van der Waals surface area contributed by atoms with Gasteiger partial charge in [0, 0.05) is 82.7 Å². The number of methoxy groups -OCH3 is 1. The Morgan fingerprint density at radius 1 is 0.920 bits per heavy atom. The van der Waals surface area contributed by atoms with Crippen molar-refractivity contribution in [2.75, 3.05) is 82.3 Å². The molecule has 2 aliphatic rings. The lowest BCUT2D eigenvalue weighted by atomic mass is 10.0. The number of piperidine rings is 1. The van der Waals surface area contributed by atoms with Crippen molar-refractivity contribution in [2.24, 2.45) is 7.05 Å². The molecular weight excluding hydrogens is 719 g/mol. The highest BCUT2D eigenvalue weighted by atomic mass is 79.9. The fourth-order valence-corrected chi connectivity index (χ4v) is 8.46. The molecule has 50 heavy (non-hydrogen) atoms. The standard InChI is InChI=1S/C34H42BrN12O2P/c1-44-16-18-46(19-17-44)22-8-14-47(15-9-22)32-23(25-10-13-45(2)43-25)20-28(33(42-32)49-3)40-34-38-21-24(35)31(41-34)39-27-7-6-26-29(37-12-11-36-26)30(27)50(4,5)48/h6-7,10-13,20-22H,8-9,14-19H2,1-5H3,(H2,38,39,40,41). The Balaban J connectivity index is 1.18. The molecule has 0 saturated carbocycles. The number of hydrogen-bond donors (Lipinski definition) is 2. The van der Waals surface area contributed by atoms with Crippen molar-refractivity contribution in [1.29, 1.82) is 0 Å². The van der Waals surface area contributed by atoms with E-state index in [1.807, 2.05) is 37.5 Å². The Labute approximate surface area is 300 Å². The molecule has 2 aliphatic heterocycles. The van der Waals surface area contributed by atoms with Crippen LogP contribution in [0, 0.1) is 0 Å². The molecule has 0 spiro atoms. The molecule has 0 radical (unpaired) electrons. The van der Waals surface area contributed by atoms with Gasteiger partial charge in [0.25, 0.3) is 0 Å². The van der Waals surface area contributed by atoms with Gasteiger partial charge in [0.15, 0.2) is 0 Å². The van der Waals surface area contributed by atoms with Gasteiger partial charge in [0.05, 0.1) is 33.8 Å². The van der Waals surface area contributed by atoms with E-state index in [4.69, 9.17) is 19.8 Å². The average Bonchev–Trinajstić information content (AvgIpc) is 3.55. The third kappa shape index (κ3) is 7.18. The highest BCUT2D eigenvalue weighted by molar-refractivity contribution is 9.10. The second kappa shape index (κ2) is 14.2. The zero-order valence-corrected chi connectivity index (χ0v) is 31.4. The zero-order chi connectivity index (χ0) is 35.0. The molecule has 4 aromatic heterocycles. The number of aryl methyl sites for hydroxylation is 1. The van der Waals surface area contributed by atoms with E-state index in [2.05, 4.69) is 63.3 Å². The smallest absolute Gasteiger partial charge is 0.239 e. The Hall–Kier alpha value is -4.17. The molecule has 7 rings (SSSR count). The minimum Gasteiger partial charge on any atom is -0.479 e. The Bertz CT molecular complexity index is 2050. The normalized spacial score (nSPS) is 16.6. The minimum atomic E-state index is -2.77. The van der Waals surface area contributed by atoms with E-state index in [-0.39, 0.29) is 0 Å². The lowest BCUT2D eigenvalue weighted by Crippen LogP contribution is -2.52. The van der Waals surface area contributed by atoms with Gasteiger partial charge in [-0.15, -0.1) is 0 Å². The lowest BCUT2D eigenvalue weighted by molar-refractivity contribution is 0.0981. The number of halogens is 1. The first-order chi connectivity index (χ1) is 24.1. The first kappa shape index (κ1) is 34.3. The monoisotopic (exact) mass is 760 g/mol.